The van der Waals surface area contributed by atoms with E-state index in [9.17, 15) is 35.6 Å². The fraction of sp³-hybridized carbons (Fsp3) is 0.483. The Morgan fingerprint density at radius 2 is 1.56 bits per heavy atom. The third-order valence-electron chi connectivity index (χ3n) is 8.13. The van der Waals surface area contributed by atoms with Crippen LogP contribution in [-0.2, 0) is 25.7 Å². The number of hydrogen-bond donors (Lipinski definition) is 2. The van der Waals surface area contributed by atoms with Gasteiger partial charge in [0.05, 0.1) is 23.0 Å². The zero-order valence-electron chi connectivity index (χ0n) is 22.8. The van der Waals surface area contributed by atoms with Crippen LogP contribution in [0.3, 0.4) is 0 Å². The van der Waals surface area contributed by atoms with Crippen LogP contribution in [0.2, 0.25) is 0 Å². The van der Waals surface area contributed by atoms with Gasteiger partial charge in [0.25, 0.3) is 20.2 Å². The average molecular weight is 606 g/mol. The summed E-state index contributed by atoms with van der Waals surface area (Å²) < 4.78 is 77.9. The second kappa shape index (κ2) is 13.1. The van der Waals surface area contributed by atoms with Gasteiger partial charge in [-0.05, 0) is 79.6 Å². The van der Waals surface area contributed by atoms with Crippen LogP contribution in [0.15, 0.2) is 60.2 Å². The Bertz CT molecular complexity index is 1490. The lowest BCUT2D eigenvalue weighted by molar-refractivity contribution is 0.126. The molecule has 9 nitrogen and oxygen atoms in total. The molecular weight excluding hydrogens is 569 g/mol. The minimum Gasteiger partial charge on any atom is -0.299 e. The van der Waals surface area contributed by atoms with Gasteiger partial charge in [-0.3, -0.25) is 18.9 Å². The fourth-order valence-electron chi connectivity index (χ4n) is 6.09. The lowest BCUT2D eigenvalue weighted by Gasteiger charge is -2.47. The molecule has 2 aromatic rings. The Morgan fingerprint density at radius 3 is 2.17 bits per heavy atom. The molecule has 4 rings (SSSR count). The first kappa shape index (κ1) is 31.3. The van der Waals surface area contributed by atoms with Crippen molar-refractivity contribution in [2.75, 3.05) is 44.2 Å². The first-order valence-electron chi connectivity index (χ1n) is 13.7. The van der Waals surface area contributed by atoms with E-state index < -0.39 is 25.7 Å². The second-order valence-electron chi connectivity index (χ2n) is 10.9. The quantitative estimate of drug-likeness (QED) is 0.367. The monoisotopic (exact) mass is 605 g/mol. The van der Waals surface area contributed by atoms with Crippen molar-refractivity contribution >= 4 is 25.8 Å². The molecule has 2 atom stereocenters. The number of benzene rings is 2. The van der Waals surface area contributed by atoms with Gasteiger partial charge in [-0.25, -0.2) is 4.39 Å². The fourth-order valence-corrected chi connectivity index (χ4v) is 7.08. The van der Waals surface area contributed by atoms with E-state index in [-0.39, 0.29) is 36.2 Å². The largest absolute Gasteiger partial charge is 0.299 e. The molecule has 2 aliphatic heterocycles. The van der Waals surface area contributed by atoms with Gasteiger partial charge < -0.3 is 0 Å². The molecule has 2 aromatic carbocycles. The van der Waals surface area contributed by atoms with E-state index in [4.69, 9.17) is 0 Å². The van der Waals surface area contributed by atoms with E-state index >= 15 is 0 Å². The van der Waals surface area contributed by atoms with Crippen LogP contribution in [0.1, 0.15) is 43.2 Å². The first-order chi connectivity index (χ1) is 19.4. The number of nitriles is 1. The van der Waals surface area contributed by atoms with Crippen molar-refractivity contribution in [3.63, 3.8) is 0 Å². The third kappa shape index (κ3) is 8.44. The minimum atomic E-state index is -4.13. The van der Waals surface area contributed by atoms with E-state index in [2.05, 4.69) is 15.9 Å². The number of halogens is 1. The van der Waals surface area contributed by atoms with Gasteiger partial charge in [-0.2, -0.15) is 22.1 Å². The van der Waals surface area contributed by atoms with Gasteiger partial charge in [0.2, 0.25) is 0 Å². The van der Waals surface area contributed by atoms with Crippen LogP contribution < -0.4 is 0 Å². The molecule has 0 aromatic heterocycles. The van der Waals surface area contributed by atoms with Crippen molar-refractivity contribution < 1.29 is 30.3 Å². The van der Waals surface area contributed by atoms with Gasteiger partial charge >= 0.3 is 0 Å². The first-order valence-corrected chi connectivity index (χ1v) is 16.9. The van der Waals surface area contributed by atoms with Gasteiger partial charge in [0, 0.05) is 25.7 Å². The number of likely N-dealkylation sites (tertiary alicyclic amines) is 1. The molecule has 2 unspecified atom stereocenters. The normalized spacial score (nSPS) is 22.9. The topological polar surface area (TPSA) is 139 Å². The highest BCUT2D eigenvalue weighted by Gasteiger charge is 2.44. The molecule has 12 heteroatoms. The van der Waals surface area contributed by atoms with Crippen molar-refractivity contribution in [2.45, 2.75) is 43.6 Å². The predicted octanol–water partition coefficient (Wildman–Crippen LogP) is 3.77. The summed E-state index contributed by atoms with van der Waals surface area (Å²) in [7, 11) is -8.22. The van der Waals surface area contributed by atoms with Crippen molar-refractivity contribution in [2.24, 2.45) is 0 Å². The van der Waals surface area contributed by atoms with E-state index in [1.807, 2.05) is 30.3 Å². The molecule has 0 bridgehead atoms. The summed E-state index contributed by atoms with van der Waals surface area (Å²) in [6.45, 7) is 2.48. The summed E-state index contributed by atoms with van der Waals surface area (Å²) in [5.41, 5.74) is 3.05. The lowest BCUT2D eigenvalue weighted by atomic mass is 9.69. The van der Waals surface area contributed by atoms with Crippen molar-refractivity contribution in [1.82, 2.24) is 9.80 Å². The number of nitrogens with zero attached hydrogens (tertiary/aromatic N) is 3. The van der Waals surface area contributed by atoms with Crippen LogP contribution in [0.25, 0.3) is 5.57 Å². The van der Waals surface area contributed by atoms with E-state index in [0.29, 0.717) is 52.0 Å². The van der Waals surface area contributed by atoms with E-state index in [1.54, 1.807) is 12.1 Å². The molecule has 2 N–H and O–H groups in total. The Balaban J connectivity index is 1.74. The lowest BCUT2D eigenvalue weighted by Crippen LogP contribution is -2.52. The van der Waals surface area contributed by atoms with E-state index in [0.717, 1.165) is 22.3 Å². The predicted molar refractivity (Wildman–Crippen MR) is 155 cm³/mol. The van der Waals surface area contributed by atoms with Crippen LogP contribution in [0, 0.1) is 17.1 Å². The van der Waals surface area contributed by atoms with Gasteiger partial charge in [0.15, 0.2) is 0 Å². The molecule has 2 aliphatic rings. The van der Waals surface area contributed by atoms with Crippen molar-refractivity contribution in [3.8, 4) is 6.07 Å². The summed E-state index contributed by atoms with van der Waals surface area (Å²) in [6.07, 6.45) is 2.10. The smallest absolute Gasteiger partial charge is 0.264 e. The number of piperidine rings is 1. The maximum Gasteiger partial charge on any atom is 0.264 e. The molecule has 222 valence electrons. The Labute approximate surface area is 241 Å². The summed E-state index contributed by atoms with van der Waals surface area (Å²) in [5.74, 6) is -1.07. The molecule has 1 fully saturated rings. The second-order valence-corrected chi connectivity index (χ2v) is 14.0. The minimum absolute atomic E-state index is 0.220. The van der Waals surface area contributed by atoms with Gasteiger partial charge in [-0.1, -0.05) is 42.5 Å². The van der Waals surface area contributed by atoms with Crippen LogP contribution in [0.4, 0.5) is 4.39 Å². The molecule has 0 radical (unpaired) electrons. The molecule has 0 aliphatic carbocycles. The van der Waals surface area contributed by atoms with E-state index in [1.165, 1.54) is 12.1 Å². The molecule has 41 heavy (non-hydrogen) atoms. The maximum atomic E-state index is 13.8. The van der Waals surface area contributed by atoms with Gasteiger partial charge in [0.1, 0.15) is 5.82 Å². The maximum absolute atomic E-state index is 13.8. The highest BCUT2D eigenvalue weighted by Crippen LogP contribution is 2.43. The Hall–Kier alpha value is -2.66. The van der Waals surface area contributed by atoms with Crippen LogP contribution in [0.5, 0.6) is 0 Å². The molecule has 2 heterocycles. The molecule has 1 saturated heterocycles. The molecular formula is C29H36FN3O6S2. The number of hydrogen-bond acceptors (Lipinski definition) is 7. The summed E-state index contributed by atoms with van der Waals surface area (Å²) in [6, 6.07) is 18.2. The van der Waals surface area contributed by atoms with Gasteiger partial charge in [-0.15, -0.1) is 0 Å². The van der Waals surface area contributed by atoms with Crippen LogP contribution in [-0.4, -0.2) is 86.0 Å². The standard InChI is InChI=1S/C29H36FN3O6S2/c30-25-10-8-23(9-11-25)26-12-16-32(14-4-18-40(34,35)36)21-27(26)28-20-29(22-31,24-6-2-1-3-7-24)13-17-33(28)15-5-19-41(37,38)39/h1-3,6-11,28H,4-5,12-21H2,(H,34,35,36)(H,37,38,39). The highest BCUT2D eigenvalue weighted by atomic mass is 32.2. The Kier molecular flexibility index (Phi) is 10.00. The summed E-state index contributed by atoms with van der Waals surface area (Å²) in [5, 5.41) is 10.5. The third-order valence-corrected chi connectivity index (χ3v) is 9.74. The zero-order chi connectivity index (χ0) is 29.7. The summed E-state index contributed by atoms with van der Waals surface area (Å²) >= 11 is 0. The van der Waals surface area contributed by atoms with Crippen LogP contribution >= 0.6 is 0 Å². The molecule has 0 amide bonds. The van der Waals surface area contributed by atoms with Crippen molar-refractivity contribution in [1.29, 1.82) is 5.26 Å². The Morgan fingerprint density at radius 1 is 0.927 bits per heavy atom. The summed E-state index contributed by atoms with van der Waals surface area (Å²) in [4.78, 5) is 4.29. The average Bonchev–Trinajstić information content (AvgIpc) is 2.93. The highest BCUT2D eigenvalue weighted by molar-refractivity contribution is 7.86. The molecule has 0 saturated carbocycles. The number of rotatable bonds is 11. The SMILES string of the molecule is N#CC1(c2ccccc2)CCN(CCCS(=O)(=O)O)C(C2=C(c3ccc(F)cc3)CCN(CCCS(=O)(=O)O)C2)C1. The van der Waals surface area contributed by atoms with Crippen molar-refractivity contribution in [3.05, 3.63) is 77.1 Å². The zero-order valence-corrected chi connectivity index (χ0v) is 24.5. The molecule has 0 spiro atoms.